The van der Waals surface area contributed by atoms with Crippen molar-refractivity contribution < 1.29 is 19.1 Å². The van der Waals surface area contributed by atoms with Crippen LogP contribution in [-0.4, -0.2) is 36.1 Å². The molecule has 0 fully saturated rings. The molecule has 8 nitrogen and oxygen atoms in total. The van der Waals surface area contributed by atoms with E-state index in [1.165, 1.54) is 6.92 Å². The second-order valence-electron chi connectivity index (χ2n) is 5.01. The molecule has 0 aromatic rings. The van der Waals surface area contributed by atoms with Gasteiger partial charge in [0.25, 0.3) is 0 Å². The lowest BCUT2D eigenvalue weighted by Gasteiger charge is -2.18. The Hall–Kier alpha value is -2.43. The topological polar surface area (TPSA) is 146 Å². The number of primary amides is 1. The van der Waals surface area contributed by atoms with E-state index < -0.39 is 36.4 Å². The largest absolute Gasteiger partial charge is 0.456 e. The van der Waals surface area contributed by atoms with E-state index in [1.54, 1.807) is 6.07 Å². The summed E-state index contributed by atoms with van der Waals surface area (Å²) in [5, 5.41) is 18.3. The van der Waals surface area contributed by atoms with Crippen molar-refractivity contribution in [1.82, 2.24) is 5.32 Å². The van der Waals surface area contributed by atoms with Crippen molar-refractivity contribution in [3.63, 3.8) is 0 Å². The van der Waals surface area contributed by atoms with Gasteiger partial charge in [0, 0.05) is 5.71 Å². The number of esters is 1. The molecule has 116 valence electrons. The summed E-state index contributed by atoms with van der Waals surface area (Å²) in [6.45, 7) is 4.39. The molecule has 21 heavy (non-hydrogen) atoms. The number of urea groups is 1. The molecule has 0 aromatic carbocycles. The third-order valence-corrected chi connectivity index (χ3v) is 2.55. The maximum absolute atomic E-state index is 11.8. The SMILES string of the molecule is CC(=N)[C@@H](C#N)C(=O)COC(=O)[C@@H](CC(C)C)NC(N)=O. The van der Waals surface area contributed by atoms with Crippen LogP contribution in [0.25, 0.3) is 0 Å². The van der Waals surface area contributed by atoms with E-state index in [9.17, 15) is 14.4 Å². The Bertz CT molecular complexity index is 467. The molecule has 0 aliphatic rings. The molecular weight excluding hydrogens is 276 g/mol. The Balaban J connectivity index is 4.63. The third kappa shape index (κ3) is 7.06. The summed E-state index contributed by atoms with van der Waals surface area (Å²) < 4.78 is 4.79. The number of nitrogens with two attached hydrogens (primary N) is 1. The molecule has 0 spiro atoms. The molecule has 0 bridgehead atoms. The van der Waals surface area contributed by atoms with Gasteiger partial charge in [0.2, 0.25) is 0 Å². The predicted molar refractivity (Wildman–Crippen MR) is 74.4 cm³/mol. The number of Topliss-reactive ketones (excluding diaryl/α,β-unsaturated/α-hetero) is 1. The number of nitriles is 1. The second-order valence-corrected chi connectivity index (χ2v) is 5.01. The van der Waals surface area contributed by atoms with Crippen molar-refractivity contribution in [3.8, 4) is 6.07 Å². The molecule has 4 N–H and O–H groups in total. The van der Waals surface area contributed by atoms with Gasteiger partial charge in [0.05, 0.1) is 6.07 Å². The fourth-order valence-corrected chi connectivity index (χ4v) is 1.59. The van der Waals surface area contributed by atoms with E-state index in [2.05, 4.69) is 5.32 Å². The van der Waals surface area contributed by atoms with Gasteiger partial charge in [-0.25, -0.2) is 9.59 Å². The zero-order valence-electron chi connectivity index (χ0n) is 12.3. The number of ketones is 1. The number of carbonyl (C=O) groups is 3. The maximum atomic E-state index is 11.8. The minimum atomic E-state index is -1.23. The number of ether oxygens (including phenoxy) is 1. The van der Waals surface area contributed by atoms with Gasteiger partial charge in [-0.3, -0.25) is 4.79 Å². The van der Waals surface area contributed by atoms with E-state index in [0.29, 0.717) is 6.42 Å². The minimum Gasteiger partial charge on any atom is -0.456 e. The van der Waals surface area contributed by atoms with E-state index in [-0.39, 0.29) is 11.6 Å². The van der Waals surface area contributed by atoms with Crippen LogP contribution in [-0.2, 0) is 14.3 Å². The highest BCUT2D eigenvalue weighted by atomic mass is 16.5. The van der Waals surface area contributed by atoms with Gasteiger partial charge in [-0.1, -0.05) is 13.8 Å². The van der Waals surface area contributed by atoms with Crippen molar-refractivity contribution in [1.29, 1.82) is 10.7 Å². The lowest BCUT2D eigenvalue weighted by Crippen LogP contribution is -2.45. The van der Waals surface area contributed by atoms with E-state index in [0.717, 1.165) is 0 Å². The quantitative estimate of drug-likeness (QED) is 0.437. The fourth-order valence-electron chi connectivity index (χ4n) is 1.59. The van der Waals surface area contributed by atoms with Crippen LogP contribution in [0.2, 0.25) is 0 Å². The molecule has 2 atom stereocenters. The highest BCUT2D eigenvalue weighted by molar-refractivity contribution is 6.06. The molecule has 2 amide bonds. The number of hydrogen-bond donors (Lipinski definition) is 3. The molecule has 0 rings (SSSR count). The van der Waals surface area contributed by atoms with Crippen LogP contribution < -0.4 is 11.1 Å². The first-order valence-electron chi connectivity index (χ1n) is 6.39. The molecule has 0 radical (unpaired) electrons. The lowest BCUT2D eigenvalue weighted by molar-refractivity contribution is -0.150. The molecule has 0 aliphatic carbocycles. The summed E-state index contributed by atoms with van der Waals surface area (Å²) in [6.07, 6.45) is 0.307. The van der Waals surface area contributed by atoms with Crippen molar-refractivity contribution in [3.05, 3.63) is 0 Å². The van der Waals surface area contributed by atoms with E-state index in [1.807, 2.05) is 13.8 Å². The molecular formula is C13H20N4O4. The Kier molecular flexibility index (Phi) is 7.68. The van der Waals surface area contributed by atoms with Crippen molar-refractivity contribution in [2.45, 2.75) is 33.2 Å². The average Bonchev–Trinajstić information content (AvgIpc) is 2.34. The normalized spacial score (nSPS) is 12.9. The first-order valence-corrected chi connectivity index (χ1v) is 6.39. The molecule has 0 saturated carbocycles. The third-order valence-electron chi connectivity index (χ3n) is 2.55. The Morgan fingerprint density at radius 2 is 1.95 bits per heavy atom. The Labute approximate surface area is 123 Å². The molecule has 0 aliphatic heterocycles. The number of amides is 2. The van der Waals surface area contributed by atoms with Gasteiger partial charge in [-0.05, 0) is 19.3 Å². The summed E-state index contributed by atoms with van der Waals surface area (Å²) >= 11 is 0. The Morgan fingerprint density at radius 3 is 2.33 bits per heavy atom. The highest BCUT2D eigenvalue weighted by Gasteiger charge is 2.26. The molecule has 0 saturated heterocycles. The highest BCUT2D eigenvalue weighted by Crippen LogP contribution is 2.07. The molecule has 0 unspecified atom stereocenters. The van der Waals surface area contributed by atoms with Gasteiger partial charge >= 0.3 is 12.0 Å². The summed E-state index contributed by atoms with van der Waals surface area (Å²) in [7, 11) is 0. The molecule has 0 heterocycles. The summed E-state index contributed by atoms with van der Waals surface area (Å²) in [5.41, 5.74) is 4.86. The van der Waals surface area contributed by atoms with Crippen molar-refractivity contribution in [2.75, 3.05) is 6.61 Å². The van der Waals surface area contributed by atoms with Gasteiger partial charge in [0.1, 0.15) is 12.0 Å². The van der Waals surface area contributed by atoms with Gasteiger partial charge < -0.3 is 21.2 Å². The molecule has 0 aromatic heterocycles. The van der Waals surface area contributed by atoms with Crippen LogP contribution in [0.1, 0.15) is 27.2 Å². The average molecular weight is 296 g/mol. The second kappa shape index (κ2) is 8.68. The zero-order valence-corrected chi connectivity index (χ0v) is 12.3. The van der Waals surface area contributed by atoms with Crippen LogP contribution in [0, 0.1) is 28.6 Å². The zero-order chi connectivity index (χ0) is 16.6. The number of rotatable bonds is 8. The van der Waals surface area contributed by atoms with E-state index >= 15 is 0 Å². The van der Waals surface area contributed by atoms with Crippen LogP contribution in [0.4, 0.5) is 4.79 Å². The monoisotopic (exact) mass is 296 g/mol. The smallest absolute Gasteiger partial charge is 0.329 e. The standard InChI is InChI=1S/C13H20N4O4/c1-7(2)4-10(17-13(16)20)12(19)21-6-11(18)9(5-14)8(3)15/h7,9-10,15H,4,6H2,1-3H3,(H3,16,17,20)/t9-,10-/m1/s1. The number of nitrogens with zero attached hydrogens (tertiary/aromatic N) is 1. The predicted octanol–water partition coefficient (Wildman–Crippen LogP) is 0.361. The molecule has 8 heteroatoms. The van der Waals surface area contributed by atoms with Crippen LogP contribution in [0.15, 0.2) is 0 Å². The van der Waals surface area contributed by atoms with Crippen LogP contribution >= 0.6 is 0 Å². The number of nitrogens with one attached hydrogen (secondary N) is 2. The number of hydrogen-bond acceptors (Lipinski definition) is 6. The van der Waals surface area contributed by atoms with Crippen molar-refractivity contribution in [2.24, 2.45) is 17.6 Å². The summed E-state index contributed by atoms with van der Waals surface area (Å²) in [6, 6.07) is -0.150. The first kappa shape index (κ1) is 18.6. The van der Waals surface area contributed by atoms with E-state index in [4.69, 9.17) is 21.1 Å². The summed E-state index contributed by atoms with van der Waals surface area (Å²) in [5.74, 6) is -2.61. The van der Waals surface area contributed by atoms with Crippen LogP contribution in [0.3, 0.4) is 0 Å². The van der Waals surface area contributed by atoms with Gasteiger partial charge in [-0.15, -0.1) is 0 Å². The maximum Gasteiger partial charge on any atom is 0.329 e. The number of carbonyl (C=O) groups excluding carboxylic acids is 3. The fraction of sp³-hybridized carbons (Fsp3) is 0.615. The summed E-state index contributed by atoms with van der Waals surface area (Å²) in [4.78, 5) is 34.3. The lowest BCUT2D eigenvalue weighted by atomic mass is 10.0. The van der Waals surface area contributed by atoms with Crippen molar-refractivity contribution >= 4 is 23.5 Å². The Morgan fingerprint density at radius 1 is 1.38 bits per heavy atom. The van der Waals surface area contributed by atoms with Gasteiger partial charge in [0.15, 0.2) is 12.4 Å². The minimum absolute atomic E-state index is 0.0979. The van der Waals surface area contributed by atoms with Crippen LogP contribution in [0.5, 0.6) is 0 Å². The van der Waals surface area contributed by atoms with Gasteiger partial charge in [-0.2, -0.15) is 5.26 Å². The first-order chi connectivity index (χ1) is 9.68.